The summed E-state index contributed by atoms with van der Waals surface area (Å²) in [5.41, 5.74) is 0.598. The van der Waals surface area contributed by atoms with Gasteiger partial charge < -0.3 is 9.88 Å². The quantitative estimate of drug-likeness (QED) is 0.933. The van der Waals surface area contributed by atoms with Crippen molar-refractivity contribution in [2.75, 3.05) is 0 Å². The Balaban J connectivity index is 2.56. The van der Waals surface area contributed by atoms with Crippen molar-refractivity contribution >= 4 is 5.91 Å². The lowest BCUT2D eigenvalue weighted by Crippen LogP contribution is -2.32. The van der Waals surface area contributed by atoms with Crippen molar-refractivity contribution in [3.63, 3.8) is 0 Å². The minimum atomic E-state index is -0.453. The van der Waals surface area contributed by atoms with Gasteiger partial charge in [0.25, 0.3) is 5.91 Å². The van der Waals surface area contributed by atoms with Crippen molar-refractivity contribution in [1.29, 1.82) is 5.26 Å². The molecule has 2 rings (SSSR count). The van der Waals surface area contributed by atoms with Crippen LogP contribution >= 0.6 is 0 Å². The molecule has 0 fully saturated rings. The van der Waals surface area contributed by atoms with E-state index in [9.17, 15) is 9.18 Å². The summed E-state index contributed by atoms with van der Waals surface area (Å²) in [5.74, 6) is -0.851. The average molecular weight is 271 g/mol. The van der Waals surface area contributed by atoms with Crippen LogP contribution in [0.25, 0.3) is 5.69 Å². The maximum absolute atomic E-state index is 13.9. The van der Waals surface area contributed by atoms with E-state index >= 15 is 0 Å². The van der Waals surface area contributed by atoms with Gasteiger partial charge in [0.15, 0.2) is 0 Å². The van der Waals surface area contributed by atoms with E-state index < -0.39 is 11.7 Å². The molecule has 0 atom stereocenters. The van der Waals surface area contributed by atoms with Gasteiger partial charge >= 0.3 is 0 Å². The van der Waals surface area contributed by atoms with Gasteiger partial charge in [-0.25, -0.2) is 4.39 Å². The molecule has 0 spiro atoms. The van der Waals surface area contributed by atoms with Crippen LogP contribution in [0.2, 0.25) is 0 Å². The second kappa shape index (κ2) is 5.57. The van der Waals surface area contributed by atoms with Crippen LogP contribution in [0.3, 0.4) is 0 Å². The van der Waals surface area contributed by atoms with Gasteiger partial charge in [0.1, 0.15) is 17.6 Å². The van der Waals surface area contributed by atoms with Crippen molar-refractivity contribution in [2.24, 2.45) is 0 Å². The number of rotatable bonds is 3. The van der Waals surface area contributed by atoms with Crippen LogP contribution in [0.1, 0.15) is 29.9 Å². The smallest absolute Gasteiger partial charge is 0.269 e. The van der Waals surface area contributed by atoms with Crippen LogP contribution in [0.15, 0.2) is 36.5 Å². The summed E-state index contributed by atoms with van der Waals surface area (Å²) in [5, 5.41) is 11.8. The van der Waals surface area contributed by atoms with Crippen molar-refractivity contribution < 1.29 is 9.18 Å². The number of carbonyl (C=O) groups excluding carboxylic acids is 1. The summed E-state index contributed by atoms with van der Waals surface area (Å²) in [6.07, 6.45) is 1.52. The molecule has 0 aliphatic carbocycles. The molecule has 0 unspecified atom stereocenters. The third kappa shape index (κ3) is 2.54. The van der Waals surface area contributed by atoms with Gasteiger partial charge in [0, 0.05) is 12.2 Å². The minimum Gasteiger partial charge on any atom is -0.349 e. The van der Waals surface area contributed by atoms with Gasteiger partial charge in [-0.2, -0.15) is 5.26 Å². The van der Waals surface area contributed by atoms with Gasteiger partial charge in [0.05, 0.1) is 11.3 Å². The number of nitriles is 1. The molecular formula is C15H14FN3O. The molecule has 1 N–H and O–H groups in total. The zero-order valence-corrected chi connectivity index (χ0v) is 11.2. The Hall–Kier alpha value is -2.61. The molecule has 0 bridgehead atoms. The minimum absolute atomic E-state index is 0.0713. The lowest BCUT2D eigenvalue weighted by molar-refractivity contribution is 0.0936. The second-order valence-corrected chi connectivity index (χ2v) is 4.64. The van der Waals surface area contributed by atoms with Crippen molar-refractivity contribution in [3.05, 3.63) is 53.6 Å². The highest BCUT2D eigenvalue weighted by Gasteiger charge is 2.20. The number of benzene rings is 1. The molecule has 4 nitrogen and oxygen atoms in total. The van der Waals surface area contributed by atoms with Crippen molar-refractivity contribution in [2.45, 2.75) is 19.9 Å². The highest BCUT2D eigenvalue weighted by Crippen LogP contribution is 2.19. The first kappa shape index (κ1) is 13.8. The van der Waals surface area contributed by atoms with Gasteiger partial charge in [-0.05, 0) is 32.0 Å². The first-order valence-corrected chi connectivity index (χ1v) is 6.21. The third-order valence-corrected chi connectivity index (χ3v) is 2.75. The molecule has 0 radical (unpaired) electrons. The SMILES string of the molecule is CC(C)NC(=O)c1c(C#N)ccn1-c1ccccc1F. The Kier molecular flexibility index (Phi) is 3.85. The summed E-state index contributed by atoms with van der Waals surface area (Å²) in [6.45, 7) is 3.64. The summed E-state index contributed by atoms with van der Waals surface area (Å²) in [4.78, 5) is 12.2. The Morgan fingerprint density at radius 3 is 2.65 bits per heavy atom. The Morgan fingerprint density at radius 2 is 2.05 bits per heavy atom. The van der Waals surface area contributed by atoms with Crippen LogP contribution < -0.4 is 5.32 Å². The molecule has 5 heteroatoms. The Bertz CT molecular complexity index is 683. The van der Waals surface area contributed by atoms with Gasteiger partial charge in [0.2, 0.25) is 0 Å². The number of hydrogen-bond donors (Lipinski definition) is 1. The lowest BCUT2D eigenvalue weighted by Gasteiger charge is -2.12. The number of hydrogen-bond acceptors (Lipinski definition) is 2. The molecule has 0 aliphatic rings. The predicted octanol–water partition coefficient (Wildman–Crippen LogP) is 2.63. The molecule has 20 heavy (non-hydrogen) atoms. The second-order valence-electron chi connectivity index (χ2n) is 4.64. The summed E-state index contributed by atoms with van der Waals surface area (Å²) in [6, 6.07) is 9.50. The number of amides is 1. The largest absolute Gasteiger partial charge is 0.349 e. The molecule has 0 saturated heterocycles. The molecule has 0 saturated carbocycles. The maximum Gasteiger partial charge on any atom is 0.269 e. The number of para-hydroxylation sites is 1. The first-order valence-electron chi connectivity index (χ1n) is 6.21. The Morgan fingerprint density at radius 1 is 1.35 bits per heavy atom. The standard InChI is InChI=1S/C15H14FN3O/c1-10(2)18-15(20)14-11(9-17)7-8-19(14)13-6-4-3-5-12(13)16/h3-8,10H,1-2H3,(H,18,20). The molecule has 1 aromatic heterocycles. The van der Waals surface area contributed by atoms with E-state index in [1.54, 1.807) is 18.2 Å². The molecule has 2 aromatic rings. The molecule has 0 aliphatic heterocycles. The van der Waals surface area contributed by atoms with E-state index in [2.05, 4.69) is 5.32 Å². The molecule has 102 valence electrons. The number of aromatic nitrogens is 1. The summed E-state index contributed by atoms with van der Waals surface area (Å²) >= 11 is 0. The highest BCUT2D eigenvalue weighted by atomic mass is 19.1. The highest BCUT2D eigenvalue weighted by molar-refractivity contribution is 5.96. The summed E-state index contributed by atoms with van der Waals surface area (Å²) < 4.78 is 15.3. The predicted molar refractivity (Wildman–Crippen MR) is 73.0 cm³/mol. The van der Waals surface area contributed by atoms with E-state index in [1.165, 1.54) is 22.9 Å². The maximum atomic E-state index is 13.9. The molecule has 1 amide bonds. The average Bonchev–Trinajstić information content (AvgIpc) is 2.82. The van der Waals surface area contributed by atoms with Crippen molar-refractivity contribution in [1.82, 2.24) is 9.88 Å². The fraction of sp³-hybridized carbons (Fsp3) is 0.200. The molecule has 1 heterocycles. The zero-order chi connectivity index (χ0) is 14.7. The van der Waals surface area contributed by atoms with E-state index in [-0.39, 0.29) is 23.0 Å². The third-order valence-electron chi connectivity index (χ3n) is 2.75. The van der Waals surface area contributed by atoms with Gasteiger partial charge in [-0.15, -0.1) is 0 Å². The van der Waals surface area contributed by atoms with Gasteiger partial charge in [-0.1, -0.05) is 12.1 Å². The normalized spacial score (nSPS) is 10.3. The molecular weight excluding hydrogens is 257 g/mol. The number of nitrogens with zero attached hydrogens (tertiary/aromatic N) is 2. The van der Waals surface area contributed by atoms with E-state index in [4.69, 9.17) is 5.26 Å². The van der Waals surface area contributed by atoms with Crippen LogP contribution in [0.4, 0.5) is 4.39 Å². The fourth-order valence-corrected chi connectivity index (χ4v) is 1.93. The number of halogens is 1. The zero-order valence-electron chi connectivity index (χ0n) is 11.2. The van der Waals surface area contributed by atoms with Crippen LogP contribution in [0, 0.1) is 17.1 Å². The Labute approximate surface area is 116 Å². The van der Waals surface area contributed by atoms with Crippen molar-refractivity contribution in [3.8, 4) is 11.8 Å². The van der Waals surface area contributed by atoms with E-state index in [0.717, 1.165) is 0 Å². The first-order chi connectivity index (χ1) is 9.54. The monoisotopic (exact) mass is 271 g/mol. The van der Waals surface area contributed by atoms with Crippen LogP contribution in [-0.4, -0.2) is 16.5 Å². The van der Waals surface area contributed by atoms with E-state index in [0.29, 0.717) is 0 Å². The number of carbonyl (C=O) groups is 1. The number of nitrogens with one attached hydrogen (secondary N) is 1. The lowest BCUT2D eigenvalue weighted by atomic mass is 10.2. The van der Waals surface area contributed by atoms with Crippen LogP contribution in [0.5, 0.6) is 0 Å². The van der Waals surface area contributed by atoms with Gasteiger partial charge in [-0.3, -0.25) is 4.79 Å². The van der Waals surface area contributed by atoms with E-state index in [1.807, 2.05) is 19.9 Å². The fourth-order valence-electron chi connectivity index (χ4n) is 1.93. The van der Waals surface area contributed by atoms with Crippen LogP contribution in [-0.2, 0) is 0 Å². The molecule has 1 aromatic carbocycles. The topological polar surface area (TPSA) is 57.8 Å². The summed E-state index contributed by atoms with van der Waals surface area (Å²) in [7, 11) is 0.